The first kappa shape index (κ1) is 14.3. The van der Waals surface area contributed by atoms with E-state index in [0.29, 0.717) is 12.0 Å². The van der Waals surface area contributed by atoms with Gasteiger partial charge in [0.05, 0.1) is 0 Å². The molecule has 1 atom stereocenters. The summed E-state index contributed by atoms with van der Waals surface area (Å²) in [7, 11) is 0. The maximum absolute atomic E-state index is 4.50. The van der Waals surface area contributed by atoms with Crippen molar-refractivity contribution >= 4 is 17.5 Å². The van der Waals surface area contributed by atoms with E-state index in [1.165, 1.54) is 5.56 Å². The molecule has 0 aliphatic carbocycles. The molecule has 1 unspecified atom stereocenters. The first-order valence-electron chi connectivity index (χ1n) is 7.17. The number of benzene rings is 1. The molecule has 0 fully saturated rings. The molecule has 0 aliphatic rings. The predicted molar refractivity (Wildman–Crippen MR) is 84.5 cm³/mol. The van der Waals surface area contributed by atoms with E-state index < -0.39 is 0 Å². The van der Waals surface area contributed by atoms with Crippen molar-refractivity contribution < 1.29 is 0 Å². The van der Waals surface area contributed by atoms with E-state index in [2.05, 4.69) is 53.5 Å². The van der Waals surface area contributed by atoms with Crippen molar-refractivity contribution in [2.75, 3.05) is 10.6 Å². The molecule has 0 saturated heterocycles. The van der Waals surface area contributed by atoms with Crippen LogP contribution in [0.15, 0.2) is 36.5 Å². The molecule has 1 aromatic heterocycles. The van der Waals surface area contributed by atoms with E-state index in [9.17, 15) is 0 Å². The molecule has 1 heterocycles. The largest absolute Gasteiger partial charge is 0.367 e. The molecule has 0 spiro atoms. The Balaban J connectivity index is 2.15. The minimum Gasteiger partial charge on any atom is -0.367 e. The quantitative estimate of drug-likeness (QED) is 0.833. The van der Waals surface area contributed by atoms with Crippen molar-refractivity contribution in [2.24, 2.45) is 0 Å². The van der Waals surface area contributed by atoms with Gasteiger partial charge in [0.25, 0.3) is 0 Å². The third kappa shape index (κ3) is 3.70. The van der Waals surface area contributed by atoms with Crippen LogP contribution >= 0.6 is 0 Å². The SMILES string of the molecule is CCc1ccccc1Nc1nccc(NC(C)CC)n1. The molecule has 0 aliphatic heterocycles. The minimum absolute atomic E-state index is 0.403. The number of aromatic nitrogens is 2. The standard InChI is InChI=1S/C16H22N4/c1-4-12(3)18-15-10-11-17-16(20-15)19-14-9-7-6-8-13(14)5-2/h6-12H,4-5H2,1-3H3,(H2,17,18,19,20). The van der Waals surface area contributed by atoms with Crippen LogP contribution in [0.1, 0.15) is 32.8 Å². The molecular weight excluding hydrogens is 248 g/mol. The van der Waals surface area contributed by atoms with Crippen molar-refractivity contribution in [1.29, 1.82) is 0 Å². The van der Waals surface area contributed by atoms with Crippen molar-refractivity contribution in [3.8, 4) is 0 Å². The van der Waals surface area contributed by atoms with Crippen molar-refractivity contribution in [3.63, 3.8) is 0 Å². The fourth-order valence-corrected chi connectivity index (χ4v) is 1.92. The van der Waals surface area contributed by atoms with Crippen LogP contribution in [0.2, 0.25) is 0 Å². The highest BCUT2D eigenvalue weighted by Crippen LogP contribution is 2.19. The molecule has 4 heteroatoms. The molecule has 2 rings (SSSR count). The van der Waals surface area contributed by atoms with E-state index >= 15 is 0 Å². The maximum Gasteiger partial charge on any atom is 0.229 e. The molecule has 4 nitrogen and oxygen atoms in total. The van der Waals surface area contributed by atoms with Crippen LogP contribution in [0.3, 0.4) is 0 Å². The number of para-hydroxylation sites is 1. The van der Waals surface area contributed by atoms with Crippen LogP contribution in [-0.2, 0) is 6.42 Å². The Labute approximate surface area is 120 Å². The number of nitrogens with zero attached hydrogens (tertiary/aromatic N) is 2. The van der Waals surface area contributed by atoms with Crippen molar-refractivity contribution in [2.45, 2.75) is 39.7 Å². The minimum atomic E-state index is 0.403. The number of nitrogens with one attached hydrogen (secondary N) is 2. The lowest BCUT2D eigenvalue weighted by Gasteiger charge is -2.13. The Morgan fingerprint density at radius 2 is 1.95 bits per heavy atom. The summed E-state index contributed by atoms with van der Waals surface area (Å²) in [6, 6.07) is 10.5. The highest BCUT2D eigenvalue weighted by Gasteiger charge is 2.05. The van der Waals surface area contributed by atoms with Gasteiger partial charge in [-0.15, -0.1) is 0 Å². The van der Waals surface area contributed by atoms with Gasteiger partial charge in [-0.05, 0) is 37.5 Å². The zero-order valence-corrected chi connectivity index (χ0v) is 12.4. The predicted octanol–water partition coefficient (Wildman–Crippen LogP) is 3.99. The third-order valence-electron chi connectivity index (χ3n) is 3.31. The van der Waals surface area contributed by atoms with E-state index in [1.54, 1.807) is 6.20 Å². The molecule has 0 amide bonds. The van der Waals surface area contributed by atoms with Crippen LogP contribution in [0.5, 0.6) is 0 Å². The summed E-state index contributed by atoms with van der Waals surface area (Å²) in [6.07, 6.45) is 3.81. The summed E-state index contributed by atoms with van der Waals surface area (Å²) in [5.41, 5.74) is 2.33. The fourth-order valence-electron chi connectivity index (χ4n) is 1.92. The molecule has 0 radical (unpaired) electrons. The molecule has 106 valence electrons. The van der Waals surface area contributed by atoms with Gasteiger partial charge in [-0.25, -0.2) is 4.98 Å². The first-order chi connectivity index (χ1) is 9.72. The average Bonchev–Trinajstić information content (AvgIpc) is 2.48. The molecule has 20 heavy (non-hydrogen) atoms. The van der Waals surface area contributed by atoms with Crippen molar-refractivity contribution in [3.05, 3.63) is 42.1 Å². The summed E-state index contributed by atoms with van der Waals surface area (Å²) >= 11 is 0. The summed E-state index contributed by atoms with van der Waals surface area (Å²) in [4.78, 5) is 8.78. The van der Waals surface area contributed by atoms with Crippen LogP contribution < -0.4 is 10.6 Å². The van der Waals surface area contributed by atoms with E-state index in [1.807, 2.05) is 18.2 Å². The first-order valence-corrected chi connectivity index (χ1v) is 7.17. The van der Waals surface area contributed by atoms with Gasteiger partial charge in [0.1, 0.15) is 5.82 Å². The van der Waals surface area contributed by atoms with Gasteiger partial charge < -0.3 is 10.6 Å². The Bertz CT molecular complexity index is 554. The third-order valence-corrected chi connectivity index (χ3v) is 3.31. The number of hydrogen-bond donors (Lipinski definition) is 2. The maximum atomic E-state index is 4.50. The van der Waals surface area contributed by atoms with E-state index in [4.69, 9.17) is 0 Å². The number of anilines is 3. The van der Waals surface area contributed by atoms with Crippen LogP contribution in [0.25, 0.3) is 0 Å². The van der Waals surface area contributed by atoms with Crippen LogP contribution in [0, 0.1) is 0 Å². The molecule has 1 aromatic carbocycles. The summed E-state index contributed by atoms with van der Waals surface area (Å²) in [5.74, 6) is 1.48. The molecular formula is C16H22N4. The highest BCUT2D eigenvalue weighted by atomic mass is 15.1. The topological polar surface area (TPSA) is 49.8 Å². The van der Waals surface area contributed by atoms with Crippen molar-refractivity contribution in [1.82, 2.24) is 9.97 Å². The number of rotatable bonds is 6. The van der Waals surface area contributed by atoms with Gasteiger partial charge in [0.2, 0.25) is 5.95 Å². The van der Waals surface area contributed by atoms with Gasteiger partial charge in [0, 0.05) is 17.9 Å². The monoisotopic (exact) mass is 270 g/mol. The van der Waals surface area contributed by atoms with Gasteiger partial charge in [-0.2, -0.15) is 4.98 Å². The zero-order chi connectivity index (χ0) is 14.4. The Morgan fingerprint density at radius 1 is 1.15 bits per heavy atom. The van der Waals surface area contributed by atoms with E-state index in [0.717, 1.165) is 24.3 Å². The van der Waals surface area contributed by atoms with Gasteiger partial charge >= 0.3 is 0 Å². The Hall–Kier alpha value is -2.10. The van der Waals surface area contributed by atoms with Gasteiger partial charge in [-0.1, -0.05) is 32.0 Å². The van der Waals surface area contributed by atoms with Crippen LogP contribution in [0.4, 0.5) is 17.5 Å². The molecule has 2 aromatic rings. The smallest absolute Gasteiger partial charge is 0.229 e. The molecule has 2 N–H and O–H groups in total. The second kappa shape index (κ2) is 6.89. The lowest BCUT2D eigenvalue weighted by atomic mass is 10.1. The molecule has 0 saturated carbocycles. The van der Waals surface area contributed by atoms with E-state index in [-0.39, 0.29) is 0 Å². The number of aryl methyl sites for hydroxylation is 1. The number of hydrogen-bond acceptors (Lipinski definition) is 4. The van der Waals surface area contributed by atoms with Crippen LogP contribution in [-0.4, -0.2) is 16.0 Å². The van der Waals surface area contributed by atoms with Gasteiger partial charge in [-0.3, -0.25) is 0 Å². The summed E-state index contributed by atoms with van der Waals surface area (Å²) in [5, 5.41) is 6.65. The summed E-state index contributed by atoms with van der Waals surface area (Å²) in [6.45, 7) is 6.43. The highest BCUT2D eigenvalue weighted by molar-refractivity contribution is 5.59. The molecule has 0 bridgehead atoms. The lowest BCUT2D eigenvalue weighted by molar-refractivity contribution is 0.758. The lowest BCUT2D eigenvalue weighted by Crippen LogP contribution is -2.15. The Morgan fingerprint density at radius 3 is 2.70 bits per heavy atom. The van der Waals surface area contributed by atoms with Gasteiger partial charge in [0.15, 0.2) is 0 Å². The normalized spacial score (nSPS) is 11.9. The zero-order valence-electron chi connectivity index (χ0n) is 12.4. The average molecular weight is 270 g/mol. The fraction of sp³-hybridized carbons (Fsp3) is 0.375. The second-order valence-corrected chi connectivity index (χ2v) is 4.85. The second-order valence-electron chi connectivity index (χ2n) is 4.85. The Kier molecular flexibility index (Phi) is 4.93. The summed E-state index contributed by atoms with van der Waals surface area (Å²) < 4.78 is 0.